The maximum absolute atomic E-state index is 12.6. The summed E-state index contributed by atoms with van der Waals surface area (Å²) in [6, 6.07) is 14.0. The third kappa shape index (κ3) is 3.81. The second-order valence-corrected chi connectivity index (χ2v) is 6.27. The second kappa shape index (κ2) is 7.21. The van der Waals surface area contributed by atoms with Crippen molar-refractivity contribution >= 4 is 34.8 Å². The summed E-state index contributed by atoms with van der Waals surface area (Å²) in [4.78, 5) is 12.6. The first-order chi connectivity index (χ1) is 12.0. The molecule has 0 spiro atoms. The van der Waals surface area contributed by atoms with E-state index in [1.54, 1.807) is 50.4 Å². The number of anilines is 1. The number of halogens is 2. The number of benzene rings is 2. The Morgan fingerprint density at radius 1 is 1.08 bits per heavy atom. The van der Waals surface area contributed by atoms with E-state index >= 15 is 0 Å². The summed E-state index contributed by atoms with van der Waals surface area (Å²) in [6.07, 6.45) is 0. The van der Waals surface area contributed by atoms with E-state index in [4.69, 9.17) is 32.4 Å². The summed E-state index contributed by atoms with van der Waals surface area (Å²) in [5.41, 5.74) is 1.72. The van der Waals surface area contributed by atoms with E-state index in [9.17, 15) is 4.79 Å². The van der Waals surface area contributed by atoms with Gasteiger partial charge >= 0.3 is 0 Å². The molecule has 1 N–H and O–H groups in total. The van der Waals surface area contributed by atoms with Crippen molar-refractivity contribution < 1.29 is 13.9 Å². The molecule has 0 aliphatic rings. The first-order valence-corrected chi connectivity index (χ1v) is 8.25. The Morgan fingerprint density at radius 2 is 1.76 bits per heavy atom. The minimum atomic E-state index is -0.287. The first kappa shape index (κ1) is 17.4. The van der Waals surface area contributed by atoms with Gasteiger partial charge in [-0.2, -0.15) is 0 Å². The van der Waals surface area contributed by atoms with E-state index in [-0.39, 0.29) is 5.91 Å². The van der Waals surface area contributed by atoms with Crippen LogP contribution >= 0.6 is 23.2 Å². The second-order valence-electron chi connectivity index (χ2n) is 5.39. The Morgan fingerprint density at radius 3 is 2.44 bits per heavy atom. The van der Waals surface area contributed by atoms with Crippen molar-refractivity contribution in [2.45, 2.75) is 6.92 Å². The highest BCUT2D eigenvalue weighted by atomic mass is 35.5. The zero-order valence-electron chi connectivity index (χ0n) is 13.6. The first-order valence-electron chi connectivity index (χ1n) is 7.49. The van der Waals surface area contributed by atoms with E-state index in [1.165, 1.54) is 0 Å². The van der Waals surface area contributed by atoms with E-state index in [2.05, 4.69) is 5.32 Å². The van der Waals surface area contributed by atoms with Crippen molar-refractivity contribution in [3.63, 3.8) is 0 Å². The molecule has 0 bridgehead atoms. The number of furan rings is 1. The van der Waals surface area contributed by atoms with Crippen molar-refractivity contribution in [2.24, 2.45) is 0 Å². The monoisotopic (exact) mass is 375 g/mol. The lowest BCUT2D eigenvalue weighted by atomic mass is 10.1. The molecule has 3 aromatic rings. The molecule has 0 radical (unpaired) electrons. The molecular formula is C19H15Cl2NO3. The smallest absolute Gasteiger partial charge is 0.259 e. The highest BCUT2D eigenvalue weighted by Gasteiger charge is 2.18. The fourth-order valence-electron chi connectivity index (χ4n) is 2.48. The molecule has 1 amide bonds. The van der Waals surface area contributed by atoms with Crippen LogP contribution in [0.3, 0.4) is 0 Å². The maximum Gasteiger partial charge on any atom is 0.259 e. The number of methoxy groups -OCH3 is 1. The minimum Gasteiger partial charge on any atom is -0.495 e. The van der Waals surface area contributed by atoms with Crippen molar-refractivity contribution in [1.82, 2.24) is 0 Å². The van der Waals surface area contributed by atoms with E-state index < -0.39 is 0 Å². The van der Waals surface area contributed by atoms with Gasteiger partial charge in [0.25, 0.3) is 5.91 Å². The van der Waals surface area contributed by atoms with Crippen LogP contribution < -0.4 is 10.1 Å². The van der Waals surface area contributed by atoms with Gasteiger partial charge in [0, 0.05) is 15.6 Å². The Bertz CT molecular complexity index is 914. The summed E-state index contributed by atoms with van der Waals surface area (Å²) < 4.78 is 11.0. The quantitative estimate of drug-likeness (QED) is 0.624. The molecule has 0 aliphatic heterocycles. The average molecular weight is 376 g/mol. The molecule has 0 fully saturated rings. The van der Waals surface area contributed by atoms with Gasteiger partial charge in [0.2, 0.25) is 0 Å². The zero-order chi connectivity index (χ0) is 18.0. The molecule has 6 heteroatoms. The topological polar surface area (TPSA) is 51.5 Å². The standard InChI is InChI=1S/C19H15Cl2NO3/c1-11-15(19(23)22-16-5-3-4-6-17(16)24-2)10-18(25-11)12-7-13(20)9-14(21)8-12/h3-10H,1-2H3,(H,22,23). The van der Waals surface area contributed by atoms with E-state index in [1.807, 2.05) is 12.1 Å². The Hall–Kier alpha value is -2.43. The van der Waals surface area contributed by atoms with Gasteiger partial charge in [0.05, 0.1) is 18.4 Å². The Labute approximate surface area is 155 Å². The number of carbonyl (C=O) groups is 1. The molecule has 0 saturated heterocycles. The number of hydrogen-bond donors (Lipinski definition) is 1. The molecular weight excluding hydrogens is 361 g/mol. The average Bonchev–Trinajstić information content (AvgIpc) is 2.96. The van der Waals surface area contributed by atoms with Crippen LogP contribution in [0, 0.1) is 6.92 Å². The molecule has 4 nitrogen and oxygen atoms in total. The van der Waals surface area contributed by atoms with Crippen molar-refractivity contribution in [3.05, 3.63) is 69.9 Å². The summed E-state index contributed by atoms with van der Waals surface area (Å²) in [7, 11) is 1.55. The van der Waals surface area contributed by atoms with Gasteiger partial charge in [0.15, 0.2) is 0 Å². The van der Waals surface area contributed by atoms with Gasteiger partial charge in [0.1, 0.15) is 17.3 Å². The van der Waals surface area contributed by atoms with Gasteiger partial charge in [-0.1, -0.05) is 35.3 Å². The lowest BCUT2D eigenvalue weighted by Crippen LogP contribution is -2.12. The Kier molecular flexibility index (Phi) is 5.02. The third-order valence-electron chi connectivity index (χ3n) is 3.66. The van der Waals surface area contributed by atoms with Gasteiger partial charge in [-0.25, -0.2) is 0 Å². The predicted molar refractivity (Wildman–Crippen MR) is 99.8 cm³/mol. The fourth-order valence-corrected chi connectivity index (χ4v) is 3.01. The number of ether oxygens (including phenoxy) is 1. The Balaban J connectivity index is 1.90. The van der Waals surface area contributed by atoms with Crippen LogP contribution in [0.25, 0.3) is 11.3 Å². The van der Waals surface area contributed by atoms with Crippen LogP contribution in [-0.2, 0) is 0 Å². The van der Waals surface area contributed by atoms with Crippen LogP contribution in [0.5, 0.6) is 5.75 Å². The van der Waals surface area contributed by atoms with Gasteiger partial charge in [-0.3, -0.25) is 4.79 Å². The normalized spacial score (nSPS) is 10.6. The summed E-state index contributed by atoms with van der Waals surface area (Å²) in [5.74, 6) is 1.31. The van der Waals surface area contributed by atoms with Crippen LogP contribution in [-0.4, -0.2) is 13.0 Å². The molecule has 2 aromatic carbocycles. The zero-order valence-corrected chi connectivity index (χ0v) is 15.1. The molecule has 128 valence electrons. The number of rotatable bonds is 4. The number of nitrogens with one attached hydrogen (secondary N) is 1. The van der Waals surface area contributed by atoms with Crippen LogP contribution in [0.1, 0.15) is 16.1 Å². The summed E-state index contributed by atoms with van der Waals surface area (Å²) in [5, 5.41) is 3.82. The van der Waals surface area contributed by atoms with Crippen LogP contribution in [0.15, 0.2) is 52.9 Å². The molecule has 0 saturated carbocycles. The molecule has 1 aromatic heterocycles. The van der Waals surface area contributed by atoms with Crippen LogP contribution in [0.4, 0.5) is 5.69 Å². The number of amides is 1. The number of carbonyl (C=O) groups excluding carboxylic acids is 1. The number of aryl methyl sites for hydroxylation is 1. The highest BCUT2D eigenvalue weighted by molar-refractivity contribution is 6.35. The SMILES string of the molecule is COc1ccccc1NC(=O)c1cc(-c2cc(Cl)cc(Cl)c2)oc1C. The lowest BCUT2D eigenvalue weighted by Gasteiger charge is -2.09. The largest absolute Gasteiger partial charge is 0.495 e. The summed E-state index contributed by atoms with van der Waals surface area (Å²) in [6.45, 7) is 1.73. The fraction of sp³-hybridized carbons (Fsp3) is 0.105. The number of hydrogen-bond acceptors (Lipinski definition) is 3. The van der Waals surface area contributed by atoms with Gasteiger partial charge < -0.3 is 14.5 Å². The molecule has 1 heterocycles. The third-order valence-corrected chi connectivity index (χ3v) is 4.10. The summed E-state index contributed by atoms with van der Waals surface area (Å²) >= 11 is 12.1. The molecule has 3 rings (SSSR count). The van der Waals surface area contributed by atoms with Crippen molar-refractivity contribution in [2.75, 3.05) is 12.4 Å². The van der Waals surface area contributed by atoms with Gasteiger partial charge in [-0.15, -0.1) is 0 Å². The van der Waals surface area contributed by atoms with Crippen LogP contribution in [0.2, 0.25) is 10.0 Å². The maximum atomic E-state index is 12.6. The highest BCUT2D eigenvalue weighted by Crippen LogP contribution is 2.31. The van der Waals surface area contributed by atoms with Gasteiger partial charge in [-0.05, 0) is 43.3 Å². The molecule has 0 unspecified atom stereocenters. The predicted octanol–water partition coefficient (Wildman–Crippen LogP) is 5.82. The molecule has 25 heavy (non-hydrogen) atoms. The molecule has 0 atom stereocenters. The van der Waals surface area contributed by atoms with Crippen molar-refractivity contribution in [3.8, 4) is 17.1 Å². The lowest BCUT2D eigenvalue weighted by molar-refractivity contribution is 0.102. The van der Waals surface area contributed by atoms with E-state index in [0.717, 1.165) is 0 Å². The van der Waals surface area contributed by atoms with Crippen molar-refractivity contribution in [1.29, 1.82) is 0 Å². The minimum absolute atomic E-state index is 0.287. The number of para-hydroxylation sites is 2. The van der Waals surface area contributed by atoms with E-state index in [0.29, 0.717) is 44.1 Å². The molecule has 0 aliphatic carbocycles.